The number of para-hydroxylation sites is 1. The van der Waals surface area contributed by atoms with E-state index in [-0.39, 0.29) is 0 Å². The summed E-state index contributed by atoms with van der Waals surface area (Å²) < 4.78 is 23.1. The maximum absolute atomic E-state index is 6.18. The van der Waals surface area contributed by atoms with Crippen LogP contribution in [0, 0.1) is 0 Å². The van der Waals surface area contributed by atoms with Gasteiger partial charge in [-0.2, -0.15) is 5.10 Å². The van der Waals surface area contributed by atoms with E-state index in [0.717, 1.165) is 45.8 Å². The van der Waals surface area contributed by atoms with E-state index in [0.29, 0.717) is 42.0 Å². The average Bonchev–Trinajstić information content (AvgIpc) is 3.26. The van der Waals surface area contributed by atoms with Crippen molar-refractivity contribution in [3.8, 4) is 45.4 Å². The number of nitrogens with one attached hydrogen (secondary N) is 1. The summed E-state index contributed by atoms with van der Waals surface area (Å²) >= 11 is 6.08. The van der Waals surface area contributed by atoms with Crippen molar-refractivity contribution in [2.45, 2.75) is 13.1 Å². The fourth-order valence-corrected chi connectivity index (χ4v) is 4.76. The molecule has 4 aromatic rings. The van der Waals surface area contributed by atoms with Gasteiger partial charge in [0.1, 0.15) is 6.61 Å². The molecule has 0 aliphatic carbocycles. The van der Waals surface area contributed by atoms with E-state index >= 15 is 0 Å². The molecule has 0 saturated heterocycles. The third kappa shape index (κ3) is 4.72. The molecule has 1 aliphatic rings. The van der Waals surface area contributed by atoms with Gasteiger partial charge >= 0.3 is 0 Å². The predicted octanol–water partition coefficient (Wildman–Crippen LogP) is 5.82. The fraction of sp³-hybridized carbons (Fsp3) is 0.250. The molecule has 5 rings (SSSR count). The normalized spacial score (nSPS) is 13.4. The Morgan fingerprint density at radius 2 is 1.78 bits per heavy atom. The Bertz CT molecular complexity index is 1350. The highest BCUT2D eigenvalue weighted by atomic mass is 35.5. The third-order valence-corrected chi connectivity index (χ3v) is 6.61. The van der Waals surface area contributed by atoms with Crippen molar-refractivity contribution in [1.29, 1.82) is 0 Å². The van der Waals surface area contributed by atoms with Crippen LogP contribution in [-0.2, 0) is 13.1 Å². The average molecular weight is 506 g/mol. The molecule has 0 fully saturated rings. The number of H-pyrrole nitrogens is 1. The first-order valence-electron chi connectivity index (χ1n) is 11.7. The Kier molecular flexibility index (Phi) is 7.02. The van der Waals surface area contributed by atoms with Crippen molar-refractivity contribution in [2.75, 3.05) is 34.5 Å². The van der Waals surface area contributed by atoms with E-state index in [1.165, 1.54) is 0 Å². The number of aromatic nitrogens is 2. The summed E-state index contributed by atoms with van der Waals surface area (Å²) in [5, 5.41) is 8.16. The van der Waals surface area contributed by atoms with Crippen molar-refractivity contribution in [1.82, 2.24) is 15.1 Å². The maximum Gasteiger partial charge on any atom is 0.168 e. The van der Waals surface area contributed by atoms with E-state index in [1.54, 1.807) is 21.3 Å². The molecule has 1 N–H and O–H groups in total. The SMILES string of the molecule is COc1cc(-c2cccc(OC)c2OC)cc2c1OCCN(Cc1cn[nH]c1-c1ccc(Cl)cc1)C2. The molecule has 0 spiro atoms. The molecule has 0 unspecified atom stereocenters. The van der Waals surface area contributed by atoms with Gasteiger partial charge in [-0.05, 0) is 41.5 Å². The van der Waals surface area contributed by atoms with Crippen LogP contribution in [0.1, 0.15) is 11.1 Å². The van der Waals surface area contributed by atoms with Crippen molar-refractivity contribution in [3.05, 3.63) is 76.9 Å². The summed E-state index contributed by atoms with van der Waals surface area (Å²) in [5.41, 5.74) is 6.09. The Morgan fingerprint density at radius 1 is 0.972 bits per heavy atom. The van der Waals surface area contributed by atoms with Gasteiger partial charge in [-0.1, -0.05) is 35.9 Å². The quantitative estimate of drug-likeness (QED) is 0.341. The molecule has 1 aliphatic heterocycles. The van der Waals surface area contributed by atoms with Gasteiger partial charge in [0.2, 0.25) is 0 Å². The highest BCUT2D eigenvalue weighted by Crippen LogP contribution is 2.43. The lowest BCUT2D eigenvalue weighted by molar-refractivity contribution is 0.217. The minimum Gasteiger partial charge on any atom is -0.493 e. The molecule has 0 amide bonds. The lowest BCUT2D eigenvalue weighted by Crippen LogP contribution is -2.25. The zero-order valence-corrected chi connectivity index (χ0v) is 21.3. The molecule has 7 nitrogen and oxygen atoms in total. The number of hydrogen-bond acceptors (Lipinski definition) is 6. The fourth-order valence-electron chi connectivity index (χ4n) is 4.63. The highest BCUT2D eigenvalue weighted by molar-refractivity contribution is 6.30. The molecule has 8 heteroatoms. The van der Waals surface area contributed by atoms with Gasteiger partial charge in [-0.15, -0.1) is 0 Å². The zero-order valence-electron chi connectivity index (χ0n) is 20.5. The number of nitrogens with zero attached hydrogens (tertiary/aromatic N) is 2. The molecular formula is C28H28ClN3O4. The van der Waals surface area contributed by atoms with Crippen molar-refractivity contribution in [2.24, 2.45) is 0 Å². The standard InChI is InChI=1S/C28H28ClN3O4/c1-33-24-6-4-5-23(28(24)35-3)19-13-20-16-32(11-12-36-27(20)25(14-19)34-2)17-21-15-30-31-26(21)18-7-9-22(29)10-8-18/h4-10,13-15H,11-12,16-17H2,1-3H3,(H,30,31). The number of ether oxygens (including phenoxy) is 4. The van der Waals surface area contributed by atoms with Gasteiger partial charge in [0.05, 0.1) is 33.2 Å². The summed E-state index contributed by atoms with van der Waals surface area (Å²) in [6.07, 6.45) is 1.88. The zero-order chi connectivity index (χ0) is 25.1. The van der Waals surface area contributed by atoms with Crippen LogP contribution in [-0.4, -0.2) is 49.6 Å². The minimum absolute atomic E-state index is 0.555. The number of fused-ring (bicyclic) bond motifs is 1. The van der Waals surface area contributed by atoms with Gasteiger partial charge in [-0.25, -0.2) is 0 Å². The van der Waals surface area contributed by atoms with Crippen LogP contribution < -0.4 is 18.9 Å². The van der Waals surface area contributed by atoms with E-state index in [1.807, 2.05) is 54.7 Å². The van der Waals surface area contributed by atoms with Gasteiger partial charge in [-0.3, -0.25) is 10.00 Å². The van der Waals surface area contributed by atoms with E-state index in [9.17, 15) is 0 Å². The van der Waals surface area contributed by atoms with Crippen molar-refractivity contribution >= 4 is 11.6 Å². The molecule has 0 atom stereocenters. The first kappa shape index (κ1) is 24.0. The second-order valence-electron chi connectivity index (χ2n) is 8.54. The number of halogens is 1. The molecular weight excluding hydrogens is 478 g/mol. The first-order valence-corrected chi connectivity index (χ1v) is 12.0. The Balaban J connectivity index is 1.48. The molecule has 36 heavy (non-hydrogen) atoms. The largest absolute Gasteiger partial charge is 0.493 e. The lowest BCUT2D eigenvalue weighted by Gasteiger charge is -2.20. The number of hydrogen-bond donors (Lipinski definition) is 1. The van der Waals surface area contributed by atoms with Crippen molar-refractivity contribution in [3.63, 3.8) is 0 Å². The van der Waals surface area contributed by atoms with Crippen LogP contribution in [0.3, 0.4) is 0 Å². The molecule has 0 bridgehead atoms. The summed E-state index contributed by atoms with van der Waals surface area (Å²) in [5.74, 6) is 2.82. The summed E-state index contributed by atoms with van der Waals surface area (Å²) in [6.45, 7) is 2.73. The second kappa shape index (κ2) is 10.5. The number of methoxy groups -OCH3 is 3. The van der Waals surface area contributed by atoms with Crippen LogP contribution in [0.2, 0.25) is 5.02 Å². The summed E-state index contributed by atoms with van der Waals surface area (Å²) in [6, 6.07) is 17.8. The summed E-state index contributed by atoms with van der Waals surface area (Å²) in [7, 11) is 4.95. The Hall–Kier alpha value is -3.68. The third-order valence-electron chi connectivity index (χ3n) is 6.36. The van der Waals surface area contributed by atoms with Crippen LogP contribution in [0.5, 0.6) is 23.0 Å². The maximum atomic E-state index is 6.18. The Morgan fingerprint density at radius 3 is 2.53 bits per heavy atom. The van der Waals surface area contributed by atoms with Crippen LogP contribution in [0.25, 0.3) is 22.4 Å². The molecule has 0 radical (unpaired) electrons. The monoisotopic (exact) mass is 505 g/mol. The van der Waals surface area contributed by atoms with E-state index in [4.69, 9.17) is 30.5 Å². The van der Waals surface area contributed by atoms with Crippen LogP contribution in [0.15, 0.2) is 60.8 Å². The van der Waals surface area contributed by atoms with Crippen LogP contribution >= 0.6 is 11.6 Å². The van der Waals surface area contributed by atoms with Gasteiger partial charge in [0.25, 0.3) is 0 Å². The second-order valence-corrected chi connectivity index (χ2v) is 8.98. The van der Waals surface area contributed by atoms with Gasteiger partial charge in [0, 0.05) is 41.3 Å². The number of benzene rings is 3. The molecule has 0 saturated carbocycles. The first-order chi connectivity index (χ1) is 17.6. The molecule has 186 valence electrons. The van der Waals surface area contributed by atoms with E-state index < -0.39 is 0 Å². The number of rotatable bonds is 7. The highest BCUT2D eigenvalue weighted by Gasteiger charge is 2.23. The molecule has 2 heterocycles. The number of aromatic amines is 1. The summed E-state index contributed by atoms with van der Waals surface area (Å²) in [4.78, 5) is 2.35. The lowest BCUT2D eigenvalue weighted by atomic mass is 9.99. The Labute approximate surface area is 215 Å². The molecule has 3 aromatic carbocycles. The minimum atomic E-state index is 0.555. The molecule has 1 aromatic heterocycles. The predicted molar refractivity (Wildman–Crippen MR) is 140 cm³/mol. The van der Waals surface area contributed by atoms with Gasteiger partial charge < -0.3 is 18.9 Å². The van der Waals surface area contributed by atoms with Crippen molar-refractivity contribution < 1.29 is 18.9 Å². The van der Waals surface area contributed by atoms with E-state index in [2.05, 4.69) is 21.2 Å². The van der Waals surface area contributed by atoms with Crippen LogP contribution in [0.4, 0.5) is 0 Å². The smallest absolute Gasteiger partial charge is 0.168 e. The van der Waals surface area contributed by atoms with Gasteiger partial charge in [0.15, 0.2) is 23.0 Å². The topological polar surface area (TPSA) is 68.8 Å².